The highest BCUT2D eigenvalue weighted by atomic mass is 16.1. The number of rotatable bonds is 8. The minimum absolute atomic E-state index is 0.124. The fourth-order valence-corrected chi connectivity index (χ4v) is 0.984. The molecule has 0 rings (SSSR count). The van der Waals surface area contributed by atoms with Crippen molar-refractivity contribution in [3.8, 4) is 0 Å². The zero-order valence-corrected chi connectivity index (χ0v) is 8.44. The van der Waals surface area contributed by atoms with E-state index in [4.69, 9.17) is 0 Å². The quantitative estimate of drug-likeness (QED) is 0.437. The molecule has 0 bridgehead atoms. The number of hydrogen-bond donors (Lipinski definition) is 2. The highest BCUT2D eigenvalue weighted by Crippen LogP contribution is 1.86. The van der Waals surface area contributed by atoms with E-state index < -0.39 is 0 Å². The van der Waals surface area contributed by atoms with E-state index in [0.29, 0.717) is 6.42 Å². The Hall–Kier alpha value is -0.830. The van der Waals surface area contributed by atoms with Crippen molar-refractivity contribution in [1.82, 2.24) is 10.6 Å². The lowest BCUT2D eigenvalue weighted by molar-refractivity contribution is -0.120. The fraction of sp³-hybridized carbons (Fsp3) is 0.700. The van der Waals surface area contributed by atoms with Crippen LogP contribution >= 0.6 is 0 Å². The van der Waals surface area contributed by atoms with Crippen molar-refractivity contribution in [2.45, 2.75) is 26.2 Å². The molecule has 0 radical (unpaired) electrons. The largest absolute Gasteiger partial charge is 0.356 e. The van der Waals surface area contributed by atoms with Gasteiger partial charge in [-0.15, -0.1) is 6.58 Å². The molecule has 0 atom stereocenters. The Balaban J connectivity index is 3.06. The topological polar surface area (TPSA) is 41.1 Å². The minimum atomic E-state index is 0.124. The Labute approximate surface area is 80.6 Å². The Morgan fingerprint density at radius 3 is 2.85 bits per heavy atom. The van der Waals surface area contributed by atoms with E-state index in [9.17, 15) is 4.79 Å². The molecule has 0 aromatic rings. The molecule has 76 valence electrons. The average molecular weight is 184 g/mol. The van der Waals surface area contributed by atoms with E-state index in [1.54, 1.807) is 0 Å². The molecule has 0 saturated carbocycles. The molecule has 0 fully saturated rings. The summed E-state index contributed by atoms with van der Waals surface area (Å²) in [6, 6.07) is 0. The first-order valence-corrected chi connectivity index (χ1v) is 4.89. The average Bonchev–Trinajstić information content (AvgIpc) is 2.11. The van der Waals surface area contributed by atoms with Crippen LogP contribution in [0.3, 0.4) is 0 Å². The zero-order chi connectivity index (χ0) is 9.94. The third-order valence-corrected chi connectivity index (χ3v) is 1.66. The second-order valence-electron chi connectivity index (χ2n) is 2.88. The molecule has 13 heavy (non-hydrogen) atoms. The number of allylic oxidation sites excluding steroid dienone is 1. The van der Waals surface area contributed by atoms with Gasteiger partial charge in [-0.2, -0.15) is 0 Å². The van der Waals surface area contributed by atoms with Gasteiger partial charge in [0.15, 0.2) is 0 Å². The van der Waals surface area contributed by atoms with Gasteiger partial charge >= 0.3 is 0 Å². The molecule has 3 heteroatoms. The van der Waals surface area contributed by atoms with Crippen molar-refractivity contribution in [2.24, 2.45) is 0 Å². The zero-order valence-electron chi connectivity index (χ0n) is 8.44. The molecular formula is C10H20N2O. The van der Waals surface area contributed by atoms with Crippen LogP contribution in [0.1, 0.15) is 26.2 Å². The number of hydrogen-bond acceptors (Lipinski definition) is 2. The van der Waals surface area contributed by atoms with Crippen molar-refractivity contribution >= 4 is 5.91 Å². The summed E-state index contributed by atoms with van der Waals surface area (Å²) in [6.45, 7) is 8.01. The first kappa shape index (κ1) is 12.2. The Bertz CT molecular complexity index is 146. The van der Waals surface area contributed by atoms with Crippen LogP contribution in [0.15, 0.2) is 12.7 Å². The number of amides is 1. The van der Waals surface area contributed by atoms with E-state index in [2.05, 4.69) is 17.2 Å². The Morgan fingerprint density at radius 2 is 2.23 bits per heavy atom. The molecular weight excluding hydrogens is 164 g/mol. The lowest BCUT2D eigenvalue weighted by Crippen LogP contribution is -2.27. The predicted octanol–water partition coefficient (Wildman–Crippen LogP) is 1.07. The van der Waals surface area contributed by atoms with Crippen molar-refractivity contribution < 1.29 is 4.79 Å². The van der Waals surface area contributed by atoms with Crippen LogP contribution in [0.25, 0.3) is 0 Å². The molecule has 0 aliphatic rings. The summed E-state index contributed by atoms with van der Waals surface area (Å²) in [7, 11) is 0. The first-order valence-electron chi connectivity index (χ1n) is 4.89. The highest BCUT2D eigenvalue weighted by Gasteiger charge is 1.96. The number of carbonyl (C=O) groups is 1. The number of unbranched alkanes of at least 4 members (excludes halogenated alkanes) is 1. The second-order valence-corrected chi connectivity index (χ2v) is 2.88. The molecule has 0 heterocycles. The monoisotopic (exact) mass is 184 g/mol. The standard InChI is InChI=1S/C10H20N2O/c1-3-5-6-8-11-9-7-10(13)12-4-2/h3,11H,1,4-9H2,2H3,(H,12,13). The smallest absolute Gasteiger partial charge is 0.221 e. The molecule has 2 N–H and O–H groups in total. The molecule has 0 unspecified atom stereocenters. The van der Waals surface area contributed by atoms with Gasteiger partial charge in [0.2, 0.25) is 5.91 Å². The summed E-state index contributed by atoms with van der Waals surface area (Å²) in [5, 5.41) is 5.95. The number of carbonyl (C=O) groups excluding carboxylic acids is 1. The first-order chi connectivity index (χ1) is 6.31. The van der Waals surface area contributed by atoms with Crippen LogP contribution in [0.4, 0.5) is 0 Å². The Kier molecular flexibility index (Phi) is 8.67. The van der Waals surface area contributed by atoms with Crippen molar-refractivity contribution in [1.29, 1.82) is 0 Å². The van der Waals surface area contributed by atoms with Crippen LogP contribution in [-0.4, -0.2) is 25.5 Å². The summed E-state index contributed by atoms with van der Waals surface area (Å²) in [5.74, 6) is 0.124. The van der Waals surface area contributed by atoms with Gasteiger partial charge in [0.25, 0.3) is 0 Å². The minimum Gasteiger partial charge on any atom is -0.356 e. The normalized spacial score (nSPS) is 9.62. The van der Waals surface area contributed by atoms with Gasteiger partial charge in [0.05, 0.1) is 0 Å². The van der Waals surface area contributed by atoms with Crippen LogP contribution in [0, 0.1) is 0 Å². The fourth-order valence-electron chi connectivity index (χ4n) is 0.984. The maximum atomic E-state index is 11.0. The molecule has 1 amide bonds. The lowest BCUT2D eigenvalue weighted by atomic mass is 10.3. The summed E-state index contributed by atoms with van der Waals surface area (Å²) in [6.07, 6.45) is 4.61. The number of nitrogens with one attached hydrogen (secondary N) is 2. The van der Waals surface area contributed by atoms with Gasteiger partial charge in [-0.05, 0) is 26.3 Å². The van der Waals surface area contributed by atoms with Gasteiger partial charge < -0.3 is 10.6 Å². The van der Waals surface area contributed by atoms with Gasteiger partial charge in [-0.25, -0.2) is 0 Å². The molecule has 3 nitrogen and oxygen atoms in total. The van der Waals surface area contributed by atoms with E-state index >= 15 is 0 Å². The second kappa shape index (κ2) is 9.26. The van der Waals surface area contributed by atoms with E-state index in [0.717, 1.165) is 32.5 Å². The summed E-state index contributed by atoms with van der Waals surface area (Å²) >= 11 is 0. The van der Waals surface area contributed by atoms with Crippen LogP contribution in [0.5, 0.6) is 0 Å². The van der Waals surface area contributed by atoms with E-state index in [-0.39, 0.29) is 5.91 Å². The lowest BCUT2D eigenvalue weighted by Gasteiger charge is -2.03. The third kappa shape index (κ3) is 9.08. The SMILES string of the molecule is C=CCCCNCCC(=O)NCC. The van der Waals surface area contributed by atoms with Crippen molar-refractivity contribution in [2.75, 3.05) is 19.6 Å². The summed E-state index contributed by atoms with van der Waals surface area (Å²) in [5.41, 5.74) is 0. The maximum Gasteiger partial charge on any atom is 0.221 e. The van der Waals surface area contributed by atoms with Crippen molar-refractivity contribution in [3.63, 3.8) is 0 Å². The highest BCUT2D eigenvalue weighted by molar-refractivity contribution is 5.75. The molecule has 0 aliphatic heterocycles. The van der Waals surface area contributed by atoms with Crippen LogP contribution in [0.2, 0.25) is 0 Å². The third-order valence-electron chi connectivity index (χ3n) is 1.66. The maximum absolute atomic E-state index is 11.0. The predicted molar refractivity (Wildman–Crippen MR) is 55.6 cm³/mol. The van der Waals surface area contributed by atoms with Gasteiger partial charge in [0.1, 0.15) is 0 Å². The van der Waals surface area contributed by atoms with Gasteiger partial charge in [0, 0.05) is 19.5 Å². The molecule has 0 aromatic carbocycles. The van der Waals surface area contributed by atoms with E-state index in [1.807, 2.05) is 13.0 Å². The summed E-state index contributed by atoms with van der Waals surface area (Å²) < 4.78 is 0. The van der Waals surface area contributed by atoms with Crippen molar-refractivity contribution in [3.05, 3.63) is 12.7 Å². The van der Waals surface area contributed by atoms with Gasteiger partial charge in [-0.3, -0.25) is 4.79 Å². The molecule has 0 saturated heterocycles. The van der Waals surface area contributed by atoms with E-state index in [1.165, 1.54) is 0 Å². The van der Waals surface area contributed by atoms with Crippen LogP contribution < -0.4 is 10.6 Å². The summed E-state index contributed by atoms with van der Waals surface area (Å²) in [4.78, 5) is 11.0. The Morgan fingerprint density at radius 1 is 1.46 bits per heavy atom. The molecule has 0 aromatic heterocycles. The molecule has 0 spiro atoms. The molecule has 0 aliphatic carbocycles. The van der Waals surface area contributed by atoms with Gasteiger partial charge in [-0.1, -0.05) is 6.08 Å². The van der Waals surface area contributed by atoms with Crippen LogP contribution in [-0.2, 0) is 4.79 Å².